The molecule has 0 saturated heterocycles. The van der Waals surface area contributed by atoms with Gasteiger partial charge >= 0.3 is 5.97 Å². The molecule has 0 unspecified atom stereocenters. The minimum Gasteiger partial charge on any atom is -0.468 e. The van der Waals surface area contributed by atoms with Crippen molar-refractivity contribution in [2.45, 2.75) is 37.7 Å². The Balaban J connectivity index is 2.46. The fourth-order valence-corrected chi connectivity index (χ4v) is 2.91. The lowest BCUT2D eigenvalue weighted by molar-refractivity contribution is -0.137. The molecular formula is C10H19NO5S. The van der Waals surface area contributed by atoms with Crippen molar-refractivity contribution in [1.82, 2.24) is 4.72 Å². The van der Waals surface area contributed by atoms with Gasteiger partial charge in [0, 0.05) is 6.54 Å². The quantitative estimate of drug-likeness (QED) is 0.670. The van der Waals surface area contributed by atoms with Gasteiger partial charge in [0.2, 0.25) is 10.0 Å². The van der Waals surface area contributed by atoms with Crippen LogP contribution in [0.4, 0.5) is 0 Å². The fourth-order valence-electron chi connectivity index (χ4n) is 1.90. The average molecular weight is 265 g/mol. The van der Waals surface area contributed by atoms with Crippen LogP contribution in [0.1, 0.15) is 32.1 Å². The van der Waals surface area contributed by atoms with E-state index in [-0.39, 0.29) is 6.54 Å². The molecule has 0 aromatic heterocycles. The van der Waals surface area contributed by atoms with E-state index in [1.807, 2.05) is 0 Å². The molecule has 1 saturated carbocycles. The second kappa shape index (κ2) is 5.79. The van der Waals surface area contributed by atoms with Gasteiger partial charge in [-0.3, -0.25) is 4.79 Å². The van der Waals surface area contributed by atoms with E-state index in [0.717, 1.165) is 26.4 Å². The number of carbonyl (C=O) groups is 1. The van der Waals surface area contributed by atoms with Crippen LogP contribution in [0.2, 0.25) is 0 Å². The summed E-state index contributed by atoms with van der Waals surface area (Å²) in [6.07, 6.45) is 4.04. The lowest BCUT2D eigenvalue weighted by Crippen LogP contribution is -2.45. The van der Waals surface area contributed by atoms with Crippen LogP contribution in [-0.4, -0.2) is 44.5 Å². The standard InChI is InChI=1S/C10H19NO5S/c1-16-9(12)7-17(14,15)11-8-10(13)5-3-2-4-6-10/h11,13H,2-8H2,1H3. The Morgan fingerprint density at radius 3 is 2.47 bits per heavy atom. The number of hydrogen-bond donors (Lipinski definition) is 2. The zero-order valence-corrected chi connectivity index (χ0v) is 10.8. The molecule has 0 spiro atoms. The molecule has 0 bridgehead atoms. The number of aliphatic hydroxyl groups is 1. The molecule has 0 aromatic carbocycles. The number of esters is 1. The van der Waals surface area contributed by atoms with Gasteiger partial charge in [-0.2, -0.15) is 0 Å². The molecular weight excluding hydrogens is 246 g/mol. The Bertz CT molecular complexity index is 359. The number of nitrogens with one attached hydrogen (secondary N) is 1. The molecule has 1 aliphatic carbocycles. The lowest BCUT2D eigenvalue weighted by atomic mass is 9.85. The molecule has 2 N–H and O–H groups in total. The third-order valence-electron chi connectivity index (χ3n) is 2.94. The van der Waals surface area contributed by atoms with Crippen molar-refractivity contribution in [2.24, 2.45) is 0 Å². The highest BCUT2D eigenvalue weighted by Gasteiger charge is 2.31. The van der Waals surface area contributed by atoms with E-state index in [2.05, 4.69) is 9.46 Å². The van der Waals surface area contributed by atoms with E-state index >= 15 is 0 Å². The van der Waals surface area contributed by atoms with E-state index in [9.17, 15) is 18.3 Å². The number of carbonyl (C=O) groups excluding carboxylic acids is 1. The van der Waals surface area contributed by atoms with E-state index in [1.165, 1.54) is 0 Å². The van der Waals surface area contributed by atoms with Crippen LogP contribution >= 0.6 is 0 Å². The summed E-state index contributed by atoms with van der Waals surface area (Å²) in [6.45, 7) is -0.0354. The number of rotatable bonds is 5. The Labute approximate surface area is 101 Å². The summed E-state index contributed by atoms with van der Waals surface area (Å²) in [5, 5.41) is 10.1. The van der Waals surface area contributed by atoms with Crippen LogP contribution in [0, 0.1) is 0 Å². The van der Waals surface area contributed by atoms with Crippen LogP contribution in [-0.2, 0) is 19.6 Å². The van der Waals surface area contributed by atoms with Gasteiger partial charge in [-0.1, -0.05) is 19.3 Å². The topological polar surface area (TPSA) is 92.7 Å². The lowest BCUT2D eigenvalue weighted by Gasteiger charge is -2.31. The molecule has 1 fully saturated rings. The van der Waals surface area contributed by atoms with Crippen LogP contribution in [0.5, 0.6) is 0 Å². The number of methoxy groups -OCH3 is 1. The molecule has 0 heterocycles. The molecule has 0 aromatic rings. The largest absolute Gasteiger partial charge is 0.468 e. The van der Waals surface area contributed by atoms with Crippen molar-refractivity contribution in [1.29, 1.82) is 0 Å². The van der Waals surface area contributed by atoms with Crippen molar-refractivity contribution >= 4 is 16.0 Å². The Kier molecular flexibility index (Phi) is 4.91. The molecule has 17 heavy (non-hydrogen) atoms. The van der Waals surface area contributed by atoms with Gasteiger partial charge < -0.3 is 9.84 Å². The van der Waals surface area contributed by atoms with Crippen molar-refractivity contribution in [3.05, 3.63) is 0 Å². The SMILES string of the molecule is COC(=O)CS(=O)(=O)NCC1(O)CCCCC1. The van der Waals surface area contributed by atoms with Crippen molar-refractivity contribution in [2.75, 3.05) is 19.4 Å². The predicted octanol–water partition coefficient (Wildman–Crippen LogP) is -0.226. The zero-order chi connectivity index (χ0) is 12.9. The summed E-state index contributed by atoms with van der Waals surface area (Å²) in [5.74, 6) is -1.52. The highest BCUT2D eigenvalue weighted by atomic mass is 32.2. The molecule has 1 rings (SSSR count). The van der Waals surface area contributed by atoms with Crippen LogP contribution < -0.4 is 4.72 Å². The third kappa shape index (κ3) is 5.01. The summed E-state index contributed by atoms with van der Waals surface area (Å²) < 4.78 is 29.5. The van der Waals surface area contributed by atoms with Gasteiger partial charge in [-0.05, 0) is 12.8 Å². The number of sulfonamides is 1. The number of hydrogen-bond acceptors (Lipinski definition) is 5. The van der Waals surface area contributed by atoms with E-state index < -0.39 is 27.3 Å². The van der Waals surface area contributed by atoms with Gasteiger partial charge in [0.15, 0.2) is 5.75 Å². The Morgan fingerprint density at radius 2 is 1.94 bits per heavy atom. The first-order valence-electron chi connectivity index (χ1n) is 5.63. The second-order valence-electron chi connectivity index (χ2n) is 4.44. The van der Waals surface area contributed by atoms with Gasteiger partial charge in [-0.15, -0.1) is 0 Å². The highest BCUT2D eigenvalue weighted by Crippen LogP contribution is 2.27. The first-order valence-corrected chi connectivity index (χ1v) is 7.29. The van der Waals surface area contributed by atoms with Gasteiger partial charge in [0.25, 0.3) is 0 Å². The third-order valence-corrected chi connectivity index (χ3v) is 4.14. The maximum Gasteiger partial charge on any atom is 0.322 e. The van der Waals surface area contributed by atoms with Crippen molar-refractivity contribution < 1.29 is 23.1 Å². The molecule has 100 valence electrons. The molecule has 0 amide bonds. The Morgan fingerprint density at radius 1 is 1.35 bits per heavy atom. The van der Waals surface area contributed by atoms with Crippen LogP contribution in [0.15, 0.2) is 0 Å². The first-order chi connectivity index (χ1) is 7.87. The summed E-state index contributed by atoms with van der Waals surface area (Å²) in [4.78, 5) is 10.9. The molecule has 0 atom stereocenters. The van der Waals surface area contributed by atoms with Crippen LogP contribution in [0.25, 0.3) is 0 Å². The Hall–Kier alpha value is -0.660. The smallest absolute Gasteiger partial charge is 0.322 e. The van der Waals surface area contributed by atoms with E-state index in [0.29, 0.717) is 12.8 Å². The number of ether oxygens (including phenoxy) is 1. The normalized spacial score (nSPS) is 19.9. The fraction of sp³-hybridized carbons (Fsp3) is 0.900. The van der Waals surface area contributed by atoms with E-state index in [4.69, 9.17) is 0 Å². The van der Waals surface area contributed by atoms with Crippen molar-refractivity contribution in [3.8, 4) is 0 Å². The first kappa shape index (κ1) is 14.4. The molecule has 7 heteroatoms. The second-order valence-corrected chi connectivity index (χ2v) is 6.25. The minimum absolute atomic E-state index is 0.0354. The monoisotopic (exact) mass is 265 g/mol. The molecule has 1 aliphatic rings. The van der Waals surface area contributed by atoms with Crippen LogP contribution in [0.3, 0.4) is 0 Å². The maximum atomic E-state index is 11.5. The van der Waals surface area contributed by atoms with E-state index in [1.54, 1.807) is 0 Å². The van der Waals surface area contributed by atoms with Gasteiger partial charge in [0.05, 0.1) is 12.7 Å². The minimum atomic E-state index is -3.71. The molecule has 0 radical (unpaired) electrons. The summed E-state index contributed by atoms with van der Waals surface area (Å²) in [5.41, 5.74) is -0.971. The summed E-state index contributed by atoms with van der Waals surface area (Å²) in [7, 11) is -2.58. The summed E-state index contributed by atoms with van der Waals surface area (Å²) in [6, 6.07) is 0. The maximum absolute atomic E-state index is 11.5. The van der Waals surface area contributed by atoms with Crippen molar-refractivity contribution in [3.63, 3.8) is 0 Å². The predicted molar refractivity (Wildman–Crippen MR) is 61.8 cm³/mol. The van der Waals surface area contributed by atoms with Gasteiger partial charge in [0.1, 0.15) is 0 Å². The zero-order valence-electron chi connectivity index (χ0n) is 9.94. The molecule has 6 nitrogen and oxygen atoms in total. The molecule has 0 aliphatic heterocycles. The highest BCUT2D eigenvalue weighted by molar-refractivity contribution is 7.90. The summed E-state index contributed by atoms with van der Waals surface area (Å²) >= 11 is 0. The average Bonchev–Trinajstić information content (AvgIpc) is 2.27. The van der Waals surface area contributed by atoms with Gasteiger partial charge in [-0.25, -0.2) is 13.1 Å².